The highest BCUT2D eigenvalue weighted by Gasteiger charge is 2.14. The van der Waals surface area contributed by atoms with E-state index in [1.807, 2.05) is 0 Å². The van der Waals surface area contributed by atoms with Crippen molar-refractivity contribution in [2.75, 3.05) is 39.1 Å². The lowest BCUT2D eigenvalue weighted by molar-refractivity contribution is 0.192. The van der Waals surface area contributed by atoms with Gasteiger partial charge in [0, 0.05) is 32.1 Å². The molecule has 1 atom stereocenters. The molecule has 1 rings (SSSR count). The second kappa shape index (κ2) is 11.4. The Labute approximate surface area is 122 Å². The average Bonchev–Trinajstić information content (AvgIpc) is 2.93. The third-order valence-corrected chi connectivity index (χ3v) is 4.52. The molecule has 4 nitrogen and oxygen atoms in total. The number of nitrogens with zero attached hydrogens (tertiary/aromatic N) is 1. The quantitative estimate of drug-likeness (QED) is 0.388. The minimum Gasteiger partial charge on any atom is -0.385 e. The Morgan fingerprint density at radius 1 is 1.32 bits per heavy atom. The van der Waals surface area contributed by atoms with E-state index in [4.69, 9.17) is 4.74 Å². The van der Waals surface area contributed by atoms with Crippen molar-refractivity contribution in [1.29, 1.82) is 0 Å². The first-order chi connectivity index (χ1) is 9.36. The fourth-order valence-electron chi connectivity index (χ4n) is 2.08. The Bertz CT molecular complexity index is 243. The van der Waals surface area contributed by atoms with E-state index >= 15 is 0 Å². The summed E-state index contributed by atoms with van der Waals surface area (Å²) in [6.07, 6.45) is 6.20. The molecule has 19 heavy (non-hydrogen) atoms. The second-order valence-corrected chi connectivity index (χ2v) is 6.24. The third kappa shape index (κ3) is 8.37. The van der Waals surface area contributed by atoms with Crippen molar-refractivity contribution in [2.45, 2.75) is 44.3 Å². The number of ether oxygens (including phenoxy) is 1. The third-order valence-electron chi connectivity index (χ3n) is 3.14. The van der Waals surface area contributed by atoms with Gasteiger partial charge in [0.15, 0.2) is 5.96 Å². The molecule has 0 aromatic rings. The summed E-state index contributed by atoms with van der Waals surface area (Å²) in [5.41, 5.74) is 0. The van der Waals surface area contributed by atoms with E-state index in [0.717, 1.165) is 43.9 Å². The Morgan fingerprint density at radius 3 is 2.89 bits per heavy atom. The van der Waals surface area contributed by atoms with Gasteiger partial charge in [-0.1, -0.05) is 0 Å². The number of nitrogens with one attached hydrogen (secondary N) is 2. The highest BCUT2D eigenvalue weighted by Crippen LogP contribution is 2.25. The smallest absolute Gasteiger partial charge is 0.191 e. The summed E-state index contributed by atoms with van der Waals surface area (Å²) in [7, 11) is 1.76. The summed E-state index contributed by atoms with van der Waals surface area (Å²) in [6.45, 7) is 5.84. The van der Waals surface area contributed by atoms with Crippen molar-refractivity contribution in [3.63, 3.8) is 0 Å². The van der Waals surface area contributed by atoms with Crippen molar-refractivity contribution in [2.24, 2.45) is 4.99 Å². The van der Waals surface area contributed by atoms with Crippen LogP contribution in [0, 0.1) is 0 Å². The molecule has 1 fully saturated rings. The molecular weight excluding hydrogens is 258 g/mol. The summed E-state index contributed by atoms with van der Waals surface area (Å²) < 4.78 is 5.04. The number of hydrogen-bond donors (Lipinski definition) is 2. The summed E-state index contributed by atoms with van der Waals surface area (Å²) in [5, 5.41) is 7.46. The topological polar surface area (TPSA) is 45.7 Å². The van der Waals surface area contributed by atoms with Crippen LogP contribution in [-0.4, -0.2) is 50.3 Å². The minimum atomic E-state index is 0.733. The van der Waals surface area contributed by atoms with Crippen LogP contribution in [0.15, 0.2) is 4.99 Å². The number of thioether (sulfide) groups is 1. The van der Waals surface area contributed by atoms with Crippen LogP contribution in [0.2, 0.25) is 0 Å². The van der Waals surface area contributed by atoms with Gasteiger partial charge in [0.05, 0.1) is 6.54 Å². The molecule has 0 saturated carbocycles. The molecule has 0 bridgehead atoms. The average molecular weight is 287 g/mol. The standard InChI is InChI=1S/C14H29N3OS/c1-3-15-14(16-9-5-4-6-10-18-2)17-12-13-8-7-11-19-13/h13H,3-12H2,1-2H3,(H2,15,16,17). The first-order valence-electron chi connectivity index (χ1n) is 7.49. The molecule has 0 spiro atoms. The number of aliphatic imine (C=N–C) groups is 1. The van der Waals surface area contributed by atoms with Gasteiger partial charge in [-0.2, -0.15) is 11.8 Å². The zero-order valence-corrected chi connectivity index (χ0v) is 13.2. The summed E-state index contributed by atoms with van der Waals surface area (Å²) in [6, 6.07) is 0. The van der Waals surface area contributed by atoms with E-state index in [0.29, 0.717) is 0 Å². The zero-order chi connectivity index (χ0) is 13.8. The van der Waals surface area contributed by atoms with Gasteiger partial charge in [0.1, 0.15) is 0 Å². The van der Waals surface area contributed by atoms with Crippen molar-refractivity contribution in [1.82, 2.24) is 10.6 Å². The number of hydrogen-bond acceptors (Lipinski definition) is 3. The highest BCUT2D eigenvalue weighted by molar-refractivity contribution is 8.00. The molecule has 1 saturated heterocycles. The first kappa shape index (κ1) is 16.6. The normalized spacial score (nSPS) is 19.7. The van der Waals surface area contributed by atoms with E-state index < -0.39 is 0 Å². The molecule has 5 heteroatoms. The van der Waals surface area contributed by atoms with Crippen LogP contribution in [0.25, 0.3) is 0 Å². The lowest BCUT2D eigenvalue weighted by atomic mass is 10.2. The summed E-state index contributed by atoms with van der Waals surface area (Å²) in [5.74, 6) is 2.28. The van der Waals surface area contributed by atoms with Gasteiger partial charge in [-0.15, -0.1) is 0 Å². The molecule has 1 unspecified atom stereocenters. The maximum atomic E-state index is 5.04. The molecule has 112 valence electrons. The predicted molar refractivity (Wildman–Crippen MR) is 85.2 cm³/mol. The van der Waals surface area contributed by atoms with Crippen molar-refractivity contribution < 1.29 is 4.74 Å². The van der Waals surface area contributed by atoms with Crippen molar-refractivity contribution >= 4 is 17.7 Å². The van der Waals surface area contributed by atoms with Crippen LogP contribution in [0.5, 0.6) is 0 Å². The maximum Gasteiger partial charge on any atom is 0.191 e. The largest absolute Gasteiger partial charge is 0.385 e. The zero-order valence-electron chi connectivity index (χ0n) is 12.4. The lowest BCUT2D eigenvalue weighted by Crippen LogP contribution is -2.38. The van der Waals surface area contributed by atoms with E-state index in [1.165, 1.54) is 31.4 Å². The molecule has 0 aliphatic carbocycles. The fourth-order valence-corrected chi connectivity index (χ4v) is 3.26. The van der Waals surface area contributed by atoms with Gasteiger partial charge in [0.2, 0.25) is 0 Å². The monoisotopic (exact) mass is 287 g/mol. The minimum absolute atomic E-state index is 0.733. The van der Waals surface area contributed by atoms with Crippen LogP contribution in [0.1, 0.15) is 39.0 Å². The van der Waals surface area contributed by atoms with Crippen LogP contribution in [0.4, 0.5) is 0 Å². The van der Waals surface area contributed by atoms with Crippen LogP contribution in [-0.2, 0) is 4.74 Å². The molecule has 1 heterocycles. The summed E-state index contributed by atoms with van der Waals surface area (Å²) >= 11 is 2.06. The number of unbranched alkanes of at least 4 members (excludes halogenated alkanes) is 2. The maximum absolute atomic E-state index is 5.04. The first-order valence-corrected chi connectivity index (χ1v) is 8.54. The molecule has 0 aromatic carbocycles. The van der Waals surface area contributed by atoms with Crippen LogP contribution in [0.3, 0.4) is 0 Å². The SMILES string of the molecule is CCNC(=NCC1CCCS1)NCCCCCOC. The van der Waals surface area contributed by atoms with Gasteiger partial charge < -0.3 is 15.4 Å². The van der Waals surface area contributed by atoms with E-state index in [2.05, 4.69) is 34.3 Å². The number of methoxy groups -OCH3 is 1. The Kier molecular flexibility index (Phi) is 9.99. The van der Waals surface area contributed by atoms with Crippen molar-refractivity contribution in [3.05, 3.63) is 0 Å². The van der Waals surface area contributed by atoms with Gasteiger partial charge >= 0.3 is 0 Å². The molecule has 2 N–H and O–H groups in total. The fraction of sp³-hybridized carbons (Fsp3) is 0.929. The Balaban J connectivity index is 2.13. The lowest BCUT2D eigenvalue weighted by Gasteiger charge is -2.12. The van der Waals surface area contributed by atoms with Crippen molar-refractivity contribution in [3.8, 4) is 0 Å². The van der Waals surface area contributed by atoms with Gasteiger partial charge in [-0.25, -0.2) is 0 Å². The molecular formula is C14H29N3OS. The Morgan fingerprint density at radius 2 is 2.21 bits per heavy atom. The number of guanidine groups is 1. The van der Waals surface area contributed by atoms with E-state index in [1.54, 1.807) is 7.11 Å². The van der Waals surface area contributed by atoms with Gasteiger partial charge in [-0.05, 0) is 44.8 Å². The molecule has 0 radical (unpaired) electrons. The van der Waals surface area contributed by atoms with Gasteiger partial charge in [0.25, 0.3) is 0 Å². The van der Waals surface area contributed by atoms with Crippen LogP contribution >= 0.6 is 11.8 Å². The van der Waals surface area contributed by atoms with Crippen LogP contribution < -0.4 is 10.6 Å². The predicted octanol–water partition coefficient (Wildman–Crippen LogP) is 2.25. The molecule has 1 aliphatic rings. The molecule has 0 amide bonds. The summed E-state index contributed by atoms with van der Waals surface area (Å²) in [4.78, 5) is 4.68. The Hall–Kier alpha value is -0.420. The number of rotatable bonds is 9. The second-order valence-electron chi connectivity index (χ2n) is 4.83. The molecule has 1 aliphatic heterocycles. The molecule has 0 aromatic heterocycles. The highest BCUT2D eigenvalue weighted by atomic mass is 32.2. The van der Waals surface area contributed by atoms with E-state index in [9.17, 15) is 0 Å². The van der Waals surface area contributed by atoms with E-state index in [-0.39, 0.29) is 0 Å². The van der Waals surface area contributed by atoms with Gasteiger partial charge in [-0.3, -0.25) is 4.99 Å².